The average molecular weight is 208 g/mol. The van der Waals surface area contributed by atoms with Crippen molar-refractivity contribution in [3.63, 3.8) is 0 Å². The Morgan fingerprint density at radius 1 is 1.43 bits per heavy atom. The molecule has 2 rings (SSSR count). The van der Waals surface area contributed by atoms with Crippen LogP contribution in [0.2, 0.25) is 0 Å². The third-order valence-corrected chi connectivity index (χ3v) is 2.03. The van der Waals surface area contributed by atoms with Gasteiger partial charge in [-0.1, -0.05) is 17.3 Å². The van der Waals surface area contributed by atoms with E-state index < -0.39 is 5.24 Å². The minimum atomic E-state index is -0.549. The Morgan fingerprint density at radius 2 is 2.29 bits per heavy atom. The van der Waals surface area contributed by atoms with Crippen molar-refractivity contribution in [3.05, 3.63) is 35.4 Å². The second-order valence-electron chi connectivity index (χ2n) is 2.70. The quantitative estimate of drug-likeness (QED) is 0.664. The normalized spacial score (nSPS) is 12.9. The maximum absolute atomic E-state index is 11.0. The first-order valence-corrected chi connectivity index (χ1v) is 4.37. The molecular weight excluding hydrogens is 202 g/mol. The summed E-state index contributed by atoms with van der Waals surface area (Å²) in [5.41, 5.74) is 1.11. The molecule has 0 atom stereocenters. The Balaban J connectivity index is 2.61. The van der Waals surface area contributed by atoms with E-state index in [-0.39, 0.29) is 0 Å². The summed E-state index contributed by atoms with van der Waals surface area (Å²) >= 11 is 5.40. The molecule has 1 aromatic rings. The molecular formula is C10H6ClNO2. The summed E-state index contributed by atoms with van der Waals surface area (Å²) < 4.78 is 0. The van der Waals surface area contributed by atoms with Crippen LogP contribution in [0.3, 0.4) is 0 Å². The van der Waals surface area contributed by atoms with E-state index in [2.05, 4.69) is 5.16 Å². The van der Waals surface area contributed by atoms with Crippen LogP contribution in [-0.2, 0) is 0 Å². The summed E-state index contributed by atoms with van der Waals surface area (Å²) in [6.45, 7) is 0. The van der Waals surface area contributed by atoms with E-state index in [0.29, 0.717) is 11.3 Å². The minimum absolute atomic E-state index is 0.327. The van der Waals surface area contributed by atoms with Gasteiger partial charge in [0.05, 0.1) is 11.8 Å². The fraction of sp³-hybridized carbons (Fsp3) is 0. The van der Waals surface area contributed by atoms with Gasteiger partial charge in [0.1, 0.15) is 0 Å². The summed E-state index contributed by atoms with van der Waals surface area (Å²) in [6, 6.07) is 5.17. The van der Waals surface area contributed by atoms with Crippen LogP contribution in [-0.4, -0.2) is 11.5 Å². The summed E-state index contributed by atoms with van der Waals surface area (Å²) in [4.78, 5) is 16.1. The molecule has 1 aliphatic heterocycles. The second-order valence-corrected chi connectivity index (χ2v) is 3.05. The van der Waals surface area contributed by atoms with Crippen molar-refractivity contribution in [3.8, 4) is 5.75 Å². The van der Waals surface area contributed by atoms with Gasteiger partial charge in [0.2, 0.25) is 0 Å². The summed E-state index contributed by atoms with van der Waals surface area (Å²) in [5, 5.41) is 3.08. The molecule has 0 N–H and O–H groups in total. The molecule has 4 heteroatoms. The van der Waals surface area contributed by atoms with Gasteiger partial charge in [-0.05, 0) is 29.8 Å². The molecule has 1 aromatic carbocycles. The van der Waals surface area contributed by atoms with Crippen LogP contribution < -0.4 is 4.84 Å². The highest BCUT2D eigenvalue weighted by atomic mass is 35.5. The molecule has 0 bridgehead atoms. The highest BCUT2D eigenvalue weighted by molar-refractivity contribution is 6.68. The number of nitrogens with zero attached hydrogens (tertiary/aromatic N) is 1. The minimum Gasteiger partial charge on any atom is -0.356 e. The molecule has 0 unspecified atom stereocenters. The van der Waals surface area contributed by atoms with Crippen molar-refractivity contribution < 1.29 is 9.63 Å². The van der Waals surface area contributed by atoms with Crippen molar-refractivity contribution in [2.45, 2.75) is 0 Å². The van der Waals surface area contributed by atoms with Crippen LogP contribution in [0.1, 0.15) is 15.9 Å². The predicted molar refractivity (Wildman–Crippen MR) is 54.8 cm³/mol. The zero-order chi connectivity index (χ0) is 9.97. The number of rotatable bonds is 1. The Labute approximate surface area is 85.6 Å². The lowest BCUT2D eigenvalue weighted by Crippen LogP contribution is -1.96. The van der Waals surface area contributed by atoms with Crippen LogP contribution in [0.25, 0.3) is 6.08 Å². The highest BCUT2D eigenvalue weighted by Crippen LogP contribution is 2.27. The first-order valence-electron chi connectivity index (χ1n) is 3.99. The number of allylic oxidation sites excluding steroid dienone is 1. The summed E-state index contributed by atoms with van der Waals surface area (Å²) in [7, 11) is 0. The van der Waals surface area contributed by atoms with E-state index >= 15 is 0 Å². The van der Waals surface area contributed by atoms with Crippen molar-refractivity contribution >= 4 is 29.1 Å². The van der Waals surface area contributed by atoms with E-state index in [9.17, 15) is 4.79 Å². The molecule has 0 saturated heterocycles. The molecule has 0 aromatic heterocycles. The first kappa shape index (κ1) is 8.97. The van der Waals surface area contributed by atoms with Gasteiger partial charge in [-0.3, -0.25) is 4.79 Å². The van der Waals surface area contributed by atoms with Crippen molar-refractivity contribution in [1.29, 1.82) is 0 Å². The van der Waals surface area contributed by atoms with Gasteiger partial charge in [-0.2, -0.15) is 0 Å². The number of halogens is 1. The van der Waals surface area contributed by atoms with Gasteiger partial charge < -0.3 is 4.84 Å². The third-order valence-electron chi connectivity index (χ3n) is 1.82. The van der Waals surface area contributed by atoms with Crippen molar-refractivity contribution in [2.24, 2.45) is 5.16 Å². The molecule has 70 valence electrons. The van der Waals surface area contributed by atoms with Crippen LogP contribution in [0.5, 0.6) is 5.75 Å². The number of hydrogen-bond donors (Lipinski definition) is 0. The highest BCUT2D eigenvalue weighted by Gasteiger charge is 2.14. The first-order chi connectivity index (χ1) is 6.79. The molecule has 0 spiro atoms. The number of carbonyl (C=O) groups is 1. The Kier molecular flexibility index (Phi) is 2.33. The molecule has 0 saturated carbocycles. The zero-order valence-corrected chi connectivity index (χ0v) is 7.86. The van der Waals surface area contributed by atoms with Crippen molar-refractivity contribution in [2.75, 3.05) is 0 Å². The number of carbonyl (C=O) groups excluding carboxylic acids is 1. The maximum atomic E-state index is 11.0. The van der Waals surface area contributed by atoms with Crippen LogP contribution in [0.15, 0.2) is 29.4 Å². The Morgan fingerprint density at radius 3 is 3.07 bits per heavy atom. The van der Waals surface area contributed by atoms with Crippen LogP contribution >= 0.6 is 11.6 Å². The molecule has 14 heavy (non-hydrogen) atoms. The van der Waals surface area contributed by atoms with E-state index in [1.165, 1.54) is 6.21 Å². The number of oxime groups is 1. The monoisotopic (exact) mass is 207 g/mol. The summed E-state index contributed by atoms with van der Waals surface area (Å²) in [5.74, 6) is 0.400. The lowest BCUT2D eigenvalue weighted by Gasteiger charge is -2.05. The number of fused-ring (bicyclic) bond motifs is 1. The van der Waals surface area contributed by atoms with E-state index in [1.54, 1.807) is 24.3 Å². The van der Waals surface area contributed by atoms with Crippen LogP contribution in [0.4, 0.5) is 0 Å². The topological polar surface area (TPSA) is 38.7 Å². The van der Waals surface area contributed by atoms with Gasteiger partial charge in [0.25, 0.3) is 5.24 Å². The SMILES string of the molecule is O=C(Cl)c1cccc2c1ON=CC=C2. The smallest absolute Gasteiger partial charge is 0.256 e. The molecule has 0 aliphatic carbocycles. The van der Waals surface area contributed by atoms with Crippen molar-refractivity contribution in [1.82, 2.24) is 0 Å². The average Bonchev–Trinajstić information content (AvgIpc) is 2.41. The standard InChI is InChI=1S/C10H6ClNO2/c11-10(13)8-5-1-3-7-4-2-6-12-14-9(7)8/h1-6H. The van der Waals surface area contributed by atoms with Gasteiger partial charge in [-0.15, -0.1) is 0 Å². The number of hydrogen-bond acceptors (Lipinski definition) is 3. The van der Waals surface area contributed by atoms with Gasteiger partial charge in [0, 0.05) is 5.56 Å². The van der Waals surface area contributed by atoms with Gasteiger partial charge in [0.15, 0.2) is 5.75 Å². The Bertz CT molecular complexity index is 438. The number of benzene rings is 1. The van der Waals surface area contributed by atoms with E-state index in [4.69, 9.17) is 16.4 Å². The fourth-order valence-corrected chi connectivity index (χ4v) is 1.36. The van der Waals surface area contributed by atoms with E-state index in [1.807, 2.05) is 6.07 Å². The zero-order valence-electron chi connectivity index (χ0n) is 7.11. The third kappa shape index (κ3) is 1.54. The molecule has 0 radical (unpaired) electrons. The molecule has 0 fully saturated rings. The summed E-state index contributed by atoms with van der Waals surface area (Å²) in [6.07, 6.45) is 5.03. The second kappa shape index (κ2) is 3.64. The lowest BCUT2D eigenvalue weighted by atomic mass is 10.1. The fourth-order valence-electron chi connectivity index (χ4n) is 1.21. The van der Waals surface area contributed by atoms with Gasteiger partial charge in [-0.25, -0.2) is 0 Å². The van der Waals surface area contributed by atoms with Crippen LogP contribution in [0, 0.1) is 0 Å². The Hall–Kier alpha value is -1.61. The molecule has 1 aliphatic rings. The number of para-hydroxylation sites is 1. The molecule has 0 amide bonds. The molecule has 1 heterocycles. The molecule has 3 nitrogen and oxygen atoms in total. The largest absolute Gasteiger partial charge is 0.356 e. The van der Waals surface area contributed by atoms with E-state index in [0.717, 1.165) is 5.56 Å². The lowest BCUT2D eigenvalue weighted by molar-refractivity contribution is 0.107. The predicted octanol–water partition coefficient (Wildman–Crippen LogP) is 2.46. The van der Waals surface area contributed by atoms with Gasteiger partial charge >= 0.3 is 0 Å². The maximum Gasteiger partial charge on any atom is 0.256 e.